The van der Waals surface area contributed by atoms with Gasteiger partial charge in [0.05, 0.1) is 11.8 Å². The Labute approximate surface area is 197 Å². The molecule has 0 saturated carbocycles. The summed E-state index contributed by atoms with van der Waals surface area (Å²) in [6, 6.07) is 25.7. The summed E-state index contributed by atoms with van der Waals surface area (Å²) in [6.45, 7) is 8.04. The standard InChI is InChI=1S/C28H34N2O3/c1-28(2,3)30(18-22-11-7-5-8-12-22)19-26(32)24-15-16-27(25(17-24)29(4)21-31)33-20-23-13-9-6-10-14-23/h5-17,21,26,32H,18-20H2,1-4H3. The van der Waals surface area contributed by atoms with Gasteiger partial charge in [-0.3, -0.25) is 9.69 Å². The smallest absolute Gasteiger partial charge is 0.213 e. The number of aliphatic hydroxyl groups excluding tert-OH is 1. The SMILES string of the molecule is CN(C=O)c1cc(C(O)CN(Cc2ccccc2)C(C)(C)C)ccc1OCc1ccccc1. The average molecular weight is 447 g/mol. The Morgan fingerprint density at radius 3 is 2.12 bits per heavy atom. The van der Waals surface area contributed by atoms with Crippen LogP contribution < -0.4 is 9.64 Å². The van der Waals surface area contributed by atoms with E-state index in [1.165, 1.54) is 10.5 Å². The summed E-state index contributed by atoms with van der Waals surface area (Å²) >= 11 is 0. The predicted octanol–water partition coefficient (Wildman–Crippen LogP) is 5.19. The molecule has 0 radical (unpaired) electrons. The highest BCUT2D eigenvalue weighted by atomic mass is 16.5. The van der Waals surface area contributed by atoms with Crippen molar-refractivity contribution in [2.75, 3.05) is 18.5 Å². The van der Waals surface area contributed by atoms with Gasteiger partial charge in [-0.1, -0.05) is 66.7 Å². The van der Waals surface area contributed by atoms with Gasteiger partial charge in [-0.15, -0.1) is 0 Å². The number of carbonyl (C=O) groups is 1. The van der Waals surface area contributed by atoms with E-state index in [9.17, 15) is 9.90 Å². The molecule has 0 aliphatic rings. The highest BCUT2D eigenvalue weighted by Crippen LogP contribution is 2.32. The number of hydrogen-bond donors (Lipinski definition) is 1. The van der Waals surface area contributed by atoms with Crippen molar-refractivity contribution in [3.8, 4) is 5.75 Å². The van der Waals surface area contributed by atoms with Crippen molar-refractivity contribution in [1.82, 2.24) is 4.90 Å². The fourth-order valence-corrected chi connectivity index (χ4v) is 3.63. The van der Waals surface area contributed by atoms with Gasteiger partial charge in [0.1, 0.15) is 12.4 Å². The molecule has 0 aromatic heterocycles. The van der Waals surface area contributed by atoms with E-state index in [2.05, 4.69) is 37.8 Å². The third-order valence-corrected chi connectivity index (χ3v) is 5.70. The third kappa shape index (κ3) is 6.91. The molecule has 3 aromatic carbocycles. The number of hydrogen-bond acceptors (Lipinski definition) is 4. The van der Waals surface area contributed by atoms with E-state index in [0.29, 0.717) is 24.6 Å². The number of aliphatic hydroxyl groups is 1. The maximum atomic E-state index is 11.5. The van der Waals surface area contributed by atoms with E-state index >= 15 is 0 Å². The summed E-state index contributed by atoms with van der Waals surface area (Å²) in [6.07, 6.45) is 0.0347. The van der Waals surface area contributed by atoms with Gasteiger partial charge in [0.15, 0.2) is 0 Å². The molecular formula is C28H34N2O3. The number of rotatable bonds is 10. The largest absolute Gasteiger partial charge is 0.487 e. The van der Waals surface area contributed by atoms with Crippen LogP contribution in [0.3, 0.4) is 0 Å². The van der Waals surface area contributed by atoms with Gasteiger partial charge in [0.25, 0.3) is 0 Å². The first kappa shape index (κ1) is 24.5. The van der Waals surface area contributed by atoms with E-state index in [1.54, 1.807) is 7.05 Å². The van der Waals surface area contributed by atoms with Crippen molar-refractivity contribution in [2.24, 2.45) is 0 Å². The summed E-state index contributed by atoms with van der Waals surface area (Å²) in [5.74, 6) is 0.598. The molecule has 174 valence electrons. The molecule has 5 heteroatoms. The molecule has 3 rings (SSSR count). The zero-order valence-corrected chi connectivity index (χ0v) is 19.9. The first-order valence-corrected chi connectivity index (χ1v) is 11.2. The van der Waals surface area contributed by atoms with E-state index in [1.807, 2.05) is 66.7 Å². The van der Waals surface area contributed by atoms with Crippen molar-refractivity contribution in [3.05, 3.63) is 95.6 Å². The number of ether oxygens (including phenoxy) is 1. The van der Waals surface area contributed by atoms with Crippen molar-refractivity contribution in [1.29, 1.82) is 0 Å². The number of benzene rings is 3. The molecule has 0 spiro atoms. The summed E-state index contributed by atoms with van der Waals surface area (Å²) in [4.78, 5) is 15.3. The number of carbonyl (C=O) groups excluding carboxylic acids is 1. The van der Waals surface area contributed by atoms with Crippen molar-refractivity contribution in [3.63, 3.8) is 0 Å². The first-order chi connectivity index (χ1) is 15.8. The van der Waals surface area contributed by atoms with Gasteiger partial charge in [-0.2, -0.15) is 0 Å². The van der Waals surface area contributed by atoms with E-state index < -0.39 is 6.10 Å². The molecule has 0 saturated heterocycles. The molecule has 1 amide bonds. The molecule has 0 bridgehead atoms. The highest BCUT2D eigenvalue weighted by molar-refractivity contribution is 5.78. The van der Waals surface area contributed by atoms with Crippen LogP contribution in [0.5, 0.6) is 5.75 Å². The van der Waals surface area contributed by atoms with Crippen LogP contribution >= 0.6 is 0 Å². The van der Waals surface area contributed by atoms with E-state index in [-0.39, 0.29) is 5.54 Å². The van der Waals surface area contributed by atoms with Crippen molar-refractivity contribution in [2.45, 2.75) is 45.6 Å². The molecule has 1 atom stereocenters. The van der Waals surface area contributed by atoms with Crippen LogP contribution in [0.25, 0.3) is 0 Å². The average Bonchev–Trinajstić information content (AvgIpc) is 2.82. The summed E-state index contributed by atoms with van der Waals surface area (Å²) < 4.78 is 6.00. The second-order valence-corrected chi connectivity index (χ2v) is 9.27. The maximum absolute atomic E-state index is 11.5. The van der Waals surface area contributed by atoms with Crippen LogP contribution in [0.1, 0.15) is 43.6 Å². The van der Waals surface area contributed by atoms with Gasteiger partial charge >= 0.3 is 0 Å². The Morgan fingerprint density at radius 1 is 0.939 bits per heavy atom. The van der Waals surface area contributed by atoms with Crippen LogP contribution in [0.15, 0.2) is 78.9 Å². The topological polar surface area (TPSA) is 53.0 Å². The molecule has 0 fully saturated rings. The minimum Gasteiger partial charge on any atom is -0.487 e. The quantitative estimate of drug-likeness (QED) is 0.435. The normalized spacial score (nSPS) is 12.4. The molecule has 1 unspecified atom stereocenters. The van der Waals surface area contributed by atoms with Crippen LogP contribution in [0.2, 0.25) is 0 Å². The molecule has 5 nitrogen and oxygen atoms in total. The lowest BCUT2D eigenvalue weighted by Crippen LogP contribution is -2.43. The Balaban J connectivity index is 1.79. The Kier molecular flexibility index (Phi) is 8.26. The fraction of sp³-hybridized carbons (Fsp3) is 0.321. The Bertz CT molecular complexity index is 1020. The van der Waals surface area contributed by atoms with Gasteiger partial charge in [0, 0.05) is 25.7 Å². The first-order valence-electron chi connectivity index (χ1n) is 11.2. The predicted molar refractivity (Wildman–Crippen MR) is 133 cm³/mol. The number of amides is 1. The maximum Gasteiger partial charge on any atom is 0.213 e. The zero-order chi connectivity index (χ0) is 23.8. The van der Waals surface area contributed by atoms with Crippen LogP contribution in [-0.4, -0.2) is 35.5 Å². The van der Waals surface area contributed by atoms with Gasteiger partial charge in [-0.05, 0) is 49.6 Å². The second kappa shape index (κ2) is 11.1. The minimum absolute atomic E-state index is 0.127. The third-order valence-electron chi connectivity index (χ3n) is 5.70. The molecule has 33 heavy (non-hydrogen) atoms. The number of β-amino-alcohol motifs (C(OH)–C–C–N with tert-alkyl or cyclic N) is 1. The minimum atomic E-state index is -0.713. The van der Waals surface area contributed by atoms with Gasteiger partial charge in [0.2, 0.25) is 6.41 Å². The number of anilines is 1. The number of nitrogens with zero attached hydrogens (tertiary/aromatic N) is 2. The molecule has 1 N–H and O–H groups in total. The van der Waals surface area contributed by atoms with E-state index in [0.717, 1.165) is 24.1 Å². The lowest BCUT2D eigenvalue weighted by atomic mass is 10.0. The Morgan fingerprint density at radius 2 is 1.55 bits per heavy atom. The summed E-state index contributed by atoms with van der Waals surface area (Å²) in [5, 5.41) is 11.1. The molecule has 0 aliphatic heterocycles. The highest BCUT2D eigenvalue weighted by Gasteiger charge is 2.25. The zero-order valence-electron chi connectivity index (χ0n) is 19.9. The van der Waals surface area contributed by atoms with Crippen LogP contribution in [0, 0.1) is 0 Å². The van der Waals surface area contributed by atoms with Crippen LogP contribution in [-0.2, 0) is 17.9 Å². The molecule has 3 aromatic rings. The lowest BCUT2D eigenvalue weighted by molar-refractivity contribution is -0.107. The van der Waals surface area contributed by atoms with Crippen LogP contribution in [0.4, 0.5) is 5.69 Å². The van der Waals surface area contributed by atoms with Crippen molar-refractivity contribution < 1.29 is 14.6 Å². The Hall–Kier alpha value is -3.15. The summed E-state index contributed by atoms with van der Waals surface area (Å²) in [7, 11) is 1.69. The molecular weight excluding hydrogens is 412 g/mol. The molecule has 0 heterocycles. The monoisotopic (exact) mass is 446 g/mol. The van der Waals surface area contributed by atoms with Crippen molar-refractivity contribution >= 4 is 12.1 Å². The second-order valence-electron chi connectivity index (χ2n) is 9.27. The summed E-state index contributed by atoms with van der Waals surface area (Å²) in [5.41, 5.74) is 3.49. The van der Waals surface area contributed by atoms with E-state index in [4.69, 9.17) is 4.74 Å². The lowest BCUT2D eigenvalue weighted by Gasteiger charge is -2.37. The fourth-order valence-electron chi connectivity index (χ4n) is 3.63. The van der Waals surface area contributed by atoms with Gasteiger partial charge < -0.3 is 14.7 Å². The molecule has 0 aliphatic carbocycles. The van der Waals surface area contributed by atoms with Gasteiger partial charge in [-0.25, -0.2) is 0 Å².